The minimum atomic E-state index is 0.230. The second-order valence-electron chi connectivity index (χ2n) is 4.61. The molecule has 3 rings (SSSR count). The van der Waals surface area contributed by atoms with E-state index in [-0.39, 0.29) is 5.75 Å². The SMILES string of the molecule is CCCn1c(-c2cc(Br)ccc2O)nc2cnccc21. The number of aromatic hydroxyl groups is 1. The van der Waals surface area contributed by atoms with Crippen LogP contribution < -0.4 is 0 Å². The van der Waals surface area contributed by atoms with Crippen LogP contribution in [0.15, 0.2) is 41.1 Å². The number of aromatic nitrogens is 3. The first-order valence-corrected chi connectivity index (χ1v) is 7.29. The van der Waals surface area contributed by atoms with Gasteiger partial charge >= 0.3 is 0 Å². The van der Waals surface area contributed by atoms with Gasteiger partial charge in [0.25, 0.3) is 0 Å². The smallest absolute Gasteiger partial charge is 0.144 e. The molecule has 5 heteroatoms. The van der Waals surface area contributed by atoms with E-state index in [0.717, 1.165) is 39.9 Å². The van der Waals surface area contributed by atoms with Crippen LogP contribution in [0.3, 0.4) is 0 Å². The Hall–Kier alpha value is -1.88. The van der Waals surface area contributed by atoms with Gasteiger partial charge in [-0.15, -0.1) is 0 Å². The van der Waals surface area contributed by atoms with E-state index in [2.05, 4.69) is 37.4 Å². The quantitative estimate of drug-likeness (QED) is 0.789. The van der Waals surface area contributed by atoms with Crippen molar-refractivity contribution in [2.75, 3.05) is 0 Å². The van der Waals surface area contributed by atoms with Crippen molar-refractivity contribution in [2.24, 2.45) is 0 Å². The van der Waals surface area contributed by atoms with Crippen LogP contribution in [0, 0.1) is 0 Å². The number of hydrogen-bond acceptors (Lipinski definition) is 3. The molecule has 0 fully saturated rings. The molecule has 1 aromatic carbocycles. The van der Waals surface area contributed by atoms with Crippen molar-refractivity contribution in [3.8, 4) is 17.1 Å². The number of imidazole rings is 1. The molecule has 2 heterocycles. The summed E-state index contributed by atoms with van der Waals surface area (Å²) < 4.78 is 3.04. The second kappa shape index (κ2) is 5.25. The van der Waals surface area contributed by atoms with Crippen molar-refractivity contribution in [1.82, 2.24) is 14.5 Å². The maximum Gasteiger partial charge on any atom is 0.144 e. The maximum absolute atomic E-state index is 10.1. The summed E-state index contributed by atoms with van der Waals surface area (Å²) in [4.78, 5) is 8.74. The van der Waals surface area contributed by atoms with Crippen LogP contribution in [0.2, 0.25) is 0 Å². The lowest BCUT2D eigenvalue weighted by molar-refractivity contribution is 0.476. The monoisotopic (exact) mass is 331 g/mol. The minimum Gasteiger partial charge on any atom is -0.507 e. The average molecular weight is 332 g/mol. The van der Waals surface area contributed by atoms with Gasteiger partial charge in [0.05, 0.1) is 17.3 Å². The Labute approximate surface area is 125 Å². The summed E-state index contributed by atoms with van der Waals surface area (Å²) in [6.45, 7) is 2.97. The molecule has 0 aliphatic rings. The number of aryl methyl sites for hydroxylation is 1. The lowest BCUT2D eigenvalue weighted by Crippen LogP contribution is -2.00. The number of rotatable bonds is 3. The summed E-state index contributed by atoms with van der Waals surface area (Å²) in [6.07, 6.45) is 4.51. The number of phenols is 1. The van der Waals surface area contributed by atoms with E-state index in [9.17, 15) is 5.11 Å². The summed E-state index contributed by atoms with van der Waals surface area (Å²) in [5.74, 6) is 1.00. The number of benzene rings is 1. The van der Waals surface area contributed by atoms with Crippen LogP contribution in [-0.2, 0) is 6.54 Å². The zero-order valence-corrected chi connectivity index (χ0v) is 12.6. The molecule has 20 heavy (non-hydrogen) atoms. The minimum absolute atomic E-state index is 0.230. The van der Waals surface area contributed by atoms with E-state index in [4.69, 9.17) is 0 Å². The molecule has 0 aliphatic carbocycles. The molecule has 0 amide bonds. The van der Waals surface area contributed by atoms with Crippen molar-refractivity contribution in [2.45, 2.75) is 19.9 Å². The first-order chi connectivity index (χ1) is 9.70. The van der Waals surface area contributed by atoms with Gasteiger partial charge in [-0.25, -0.2) is 4.98 Å². The molecule has 0 saturated carbocycles. The van der Waals surface area contributed by atoms with Crippen LogP contribution in [0.25, 0.3) is 22.4 Å². The van der Waals surface area contributed by atoms with E-state index >= 15 is 0 Å². The highest BCUT2D eigenvalue weighted by molar-refractivity contribution is 9.10. The van der Waals surface area contributed by atoms with Crippen LogP contribution in [0.4, 0.5) is 0 Å². The highest BCUT2D eigenvalue weighted by Gasteiger charge is 2.15. The molecular weight excluding hydrogens is 318 g/mol. The Kier molecular flexibility index (Phi) is 3.44. The maximum atomic E-state index is 10.1. The van der Waals surface area contributed by atoms with Gasteiger partial charge < -0.3 is 9.67 Å². The Morgan fingerprint density at radius 1 is 1.30 bits per heavy atom. The van der Waals surface area contributed by atoms with Crippen molar-refractivity contribution in [1.29, 1.82) is 0 Å². The van der Waals surface area contributed by atoms with Crippen LogP contribution >= 0.6 is 15.9 Å². The number of phenolic OH excluding ortho intramolecular Hbond substituents is 1. The van der Waals surface area contributed by atoms with Gasteiger partial charge in [-0.05, 0) is 30.7 Å². The van der Waals surface area contributed by atoms with Crippen molar-refractivity contribution in [3.05, 3.63) is 41.1 Å². The molecule has 0 saturated heterocycles. The zero-order chi connectivity index (χ0) is 14.1. The third kappa shape index (κ3) is 2.18. The van der Waals surface area contributed by atoms with Gasteiger partial charge in [0, 0.05) is 17.2 Å². The van der Waals surface area contributed by atoms with Crippen molar-refractivity contribution >= 4 is 27.0 Å². The Bertz CT molecular complexity index is 767. The van der Waals surface area contributed by atoms with E-state index < -0.39 is 0 Å². The number of fused-ring (bicyclic) bond motifs is 1. The van der Waals surface area contributed by atoms with Gasteiger partial charge in [-0.2, -0.15) is 0 Å². The molecule has 0 aliphatic heterocycles. The Balaban J connectivity index is 2.29. The molecule has 4 nitrogen and oxygen atoms in total. The van der Waals surface area contributed by atoms with Gasteiger partial charge in [0.15, 0.2) is 0 Å². The average Bonchev–Trinajstić information content (AvgIpc) is 2.81. The number of nitrogens with zero attached hydrogens (tertiary/aromatic N) is 3. The van der Waals surface area contributed by atoms with Gasteiger partial charge in [0.2, 0.25) is 0 Å². The van der Waals surface area contributed by atoms with Crippen LogP contribution in [-0.4, -0.2) is 19.6 Å². The number of halogens is 1. The normalized spacial score (nSPS) is 11.1. The van der Waals surface area contributed by atoms with E-state index in [1.165, 1.54) is 0 Å². The van der Waals surface area contributed by atoms with Gasteiger partial charge in [-0.3, -0.25) is 4.98 Å². The van der Waals surface area contributed by atoms with Crippen LogP contribution in [0.5, 0.6) is 5.75 Å². The molecule has 0 unspecified atom stereocenters. The molecule has 0 bridgehead atoms. The summed E-state index contributed by atoms with van der Waals surface area (Å²) in [6, 6.07) is 7.33. The van der Waals surface area contributed by atoms with Crippen molar-refractivity contribution < 1.29 is 5.11 Å². The first kappa shape index (κ1) is 13.1. The number of hydrogen-bond donors (Lipinski definition) is 1. The van der Waals surface area contributed by atoms with E-state index in [1.807, 2.05) is 18.2 Å². The highest BCUT2D eigenvalue weighted by atomic mass is 79.9. The predicted molar refractivity (Wildman–Crippen MR) is 82.6 cm³/mol. The summed E-state index contributed by atoms with van der Waals surface area (Å²) >= 11 is 3.44. The zero-order valence-electron chi connectivity index (χ0n) is 11.0. The fourth-order valence-corrected chi connectivity index (χ4v) is 2.69. The van der Waals surface area contributed by atoms with E-state index in [0.29, 0.717) is 0 Å². The molecule has 1 N–H and O–H groups in total. The third-order valence-corrected chi connectivity index (χ3v) is 3.69. The fraction of sp³-hybridized carbons (Fsp3) is 0.200. The second-order valence-corrected chi connectivity index (χ2v) is 5.53. The number of pyridine rings is 1. The topological polar surface area (TPSA) is 50.9 Å². The molecule has 102 valence electrons. The molecule has 2 aromatic heterocycles. The molecule has 0 spiro atoms. The summed E-state index contributed by atoms with van der Waals surface area (Å²) in [5, 5.41) is 10.1. The molecular formula is C15H14BrN3O. The third-order valence-electron chi connectivity index (χ3n) is 3.20. The summed E-state index contributed by atoms with van der Waals surface area (Å²) in [5.41, 5.74) is 2.61. The van der Waals surface area contributed by atoms with Crippen LogP contribution in [0.1, 0.15) is 13.3 Å². The predicted octanol–water partition coefficient (Wildman–Crippen LogP) is 3.98. The lowest BCUT2D eigenvalue weighted by atomic mass is 10.2. The Morgan fingerprint density at radius 3 is 2.95 bits per heavy atom. The van der Waals surface area contributed by atoms with Crippen molar-refractivity contribution in [3.63, 3.8) is 0 Å². The van der Waals surface area contributed by atoms with E-state index in [1.54, 1.807) is 18.5 Å². The standard InChI is InChI=1S/C15H14BrN3O/c1-2-7-19-13-5-6-17-9-12(13)18-15(19)11-8-10(16)3-4-14(11)20/h3-6,8-9,20H,2,7H2,1H3. The largest absolute Gasteiger partial charge is 0.507 e. The lowest BCUT2D eigenvalue weighted by Gasteiger charge is -2.09. The molecule has 0 radical (unpaired) electrons. The highest BCUT2D eigenvalue weighted by Crippen LogP contribution is 2.33. The summed E-state index contributed by atoms with van der Waals surface area (Å²) in [7, 11) is 0. The fourth-order valence-electron chi connectivity index (χ4n) is 2.32. The molecule has 3 aromatic rings. The molecule has 0 atom stereocenters. The Morgan fingerprint density at radius 2 is 2.15 bits per heavy atom. The first-order valence-electron chi connectivity index (χ1n) is 6.50. The van der Waals surface area contributed by atoms with Gasteiger partial charge in [0.1, 0.15) is 17.1 Å². The van der Waals surface area contributed by atoms with Gasteiger partial charge in [-0.1, -0.05) is 22.9 Å².